The highest BCUT2D eigenvalue weighted by Crippen LogP contribution is 2.36. The molecule has 1 aliphatic rings. The van der Waals surface area contributed by atoms with Crippen LogP contribution in [0.5, 0.6) is 0 Å². The molecule has 1 fully saturated rings. The fraction of sp³-hybridized carbons (Fsp3) is 0.562. The molecule has 1 aromatic carbocycles. The van der Waals surface area contributed by atoms with Crippen LogP contribution in [0.15, 0.2) is 18.2 Å². The Morgan fingerprint density at radius 2 is 2.12 bits per heavy atom. The van der Waals surface area contributed by atoms with E-state index in [0.717, 1.165) is 12.5 Å². The van der Waals surface area contributed by atoms with Crippen molar-refractivity contribution in [1.82, 2.24) is 4.90 Å². The fourth-order valence-corrected chi connectivity index (χ4v) is 3.04. The molecule has 1 aliphatic heterocycles. The second kappa shape index (κ2) is 6.90. The third kappa shape index (κ3) is 4.62. The van der Waals surface area contributed by atoms with Gasteiger partial charge in [0, 0.05) is 24.2 Å². The molecule has 2 rings (SSSR count). The van der Waals surface area contributed by atoms with E-state index in [9.17, 15) is 18.0 Å². The third-order valence-corrected chi connectivity index (χ3v) is 4.55. The zero-order chi connectivity index (χ0) is 18.1. The number of likely N-dealkylation sites (tertiary alicyclic amines) is 1. The number of carbonyl (C=O) groups excluding carboxylic acids is 1. The lowest BCUT2D eigenvalue weighted by Gasteiger charge is -2.42. The minimum Gasteiger partial charge on any atom is -0.327 e. The number of amides is 1. The number of hydrogen-bond donors (Lipinski definition) is 2. The number of nitrogens with two attached hydrogens (primary N) is 1. The second-order valence-corrected chi connectivity index (χ2v) is 7.27. The average molecular weight is 364 g/mol. The average Bonchev–Trinajstić information content (AvgIpc) is 2.43. The highest BCUT2D eigenvalue weighted by atomic mass is 35.5. The lowest BCUT2D eigenvalue weighted by atomic mass is 9.80. The molecule has 134 valence electrons. The predicted molar refractivity (Wildman–Crippen MR) is 87.9 cm³/mol. The first-order chi connectivity index (χ1) is 11.0. The molecule has 1 amide bonds. The summed E-state index contributed by atoms with van der Waals surface area (Å²) in [5.74, 6) is -0.492. The number of alkyl halides is 3. The number of nitrogens with zero attached hydrogens (tertiary/aromatic N) is 1. The number of rotatable bonds is 3. The Morgan fingerprint density at radius 1 is 1.46 bits per heavy atom. The summed E-state index contributed by atoms with van der Waals surface area (Å²) in [6, 6.07) is 3.33. The maximum Gasteiger partial charge on any atom is 0.418 e. The van der Waals surface area contributed by atoms with Gasteiger partial charge in [0.05, 0.1) is 17.8 Å². The number of nitrogens with one attached hydrogen (secondary N) is 1. The van der Waals surface area contributed by atoms with Gasteiger partial charge < -0.3 is 11.1 Å². The van der Waals surface area contributed by atoms with Crippen LogP contribution < -0.4 is 11.1 Å². The molecule has 0 aliphatic carbocycles. The minimum atomic E-state index is -4.59. The molecule has 1 aromatic rings. The lowest BCUT2D eigenvalue weighted by molar-refractivity contribution is -0.137. The van der Waals surface area contributed by atoms with Crippen LogP contribution >= 0.6 is 11.6 Å². The van der Waals surface area contributed by atoms with Crippen LogP contribution in [0.4, 0.5) is 18.9 Å². The van der Waals surface area contributed by atoms with E-state index >= 15 is 0 Å². The smallest absolute Gasteiger partial charge is 0.327 e. The van der Waals surface area contributed by atoms with Gasteiger partial charge in [-0.3, -0.25) is 9.69 Å². The van der Waals surface area contributed by atoms with E-state index in [0.29, 0.717) is 13.1 Å². The molecule has 1 saturated heterocycles. The van der Waals surface area contributed by atoms with Crippen molar-refractivity contribution < 1.29 is 18.0 Å². The van der Waals surface area contributed by atoms with Crippen LogP contribution in [0.25, 0.3) is 0 Å². The van der Waals surface area contributed by atoms with Gasteiger partial charge in [-0.05, 0) is 30.0 Å². The summed E-state index contributed by atoms with van der Waals surface area (Å²) in [5, 5.41) is 2.30. The quantitative estimate of drug-likeness (QED) is 0.865. The molecular formula is C16H21ClF3N3O. The Kier molecular flexibility index (Phi) is 5.47. The first-order valence-electron chi connectivity index (χ1n) is 7.63. The molecule has 3 N–H and O–H groups in total. The molecule has 0 radical (unpaired) electrons. The summed E-state index contributed by atoms with van der Waals surface area (Å²) < 4.78 is 39.1. The molecule has 1 heterocycles. The van der Waals surface area contributed by atoms with Gasteiger partial charge in [0.15, 0.2) is 0 Å². The minimum absolute atomic E-state index is 0.0239. The number of anilines is 1. The van der Waals surface area contributed by atoms with Crippen LogP contribution in [0.3, 0.4) is 0 Å². The summed E-state index contributed by atoms with van der Waals surface area (Å²) in [4.78, 5) is 14.1. The summed E-state index contributed by atoms with van der Waals surface area (Å²) in [6.45, 7) is 5.32. The van der Waals surface area contributed by atoms with Crippen molar-refractivity contribution in [3.63, 3.8) is 0 Å². The summed E-state index contributed by atoms with van der Waals surface area (Å²) in [6.07, 6.45) is -3.84. The molecule has 0 bridgehead atoms. The van der Waals surface area contributed by atoms with Crippen molar-refractivity contribution in [3.8, 4) is 0 Å². The fourth-order valence-electron chi connectivity index (χ4n) is 2.87. The Labute approximate surface area is 144 Å². The van der Waals surface area contributed by atoms with Gasteiger partial charge in [-0.1, -0.05) is 25.4 Å². The highest BCUT2D eigenvalue weighted by molar-refractivity contribution is 6.30. The number of piperidine rings is 1. The third-order valence-electron chi connectivity index (χ3n) is 4.32. The molecule has 0 spiro atoms. The van der Waals surface area contributed by atoms with Gasteiger partial charge in [0.2, 0.25) is 5.91 Å². The zero-order valence-electron chi connectivity index (χ0n) is 13.6. The van der Waals surface area contributed by atoms with E-state index in [2.05, 4.69) is 5.32 Å². The first-order valence-corrected chi connectivity index (χ1v) is 8.01. The molecular weight excluding hydrogens is 343 g/mol. The van der Waals surface area contributed by atoms with Gasteiger partial charge in [-0.25, -0.2) is 0 Å². The Hall–Kier alpha value is -1.31. The number of carbonyl (C=O) groups is 1. The van der Waals surface area contributed by atoms with E-state index in [4.69, 9.17) is 17.3 Å². The van der Waals surface area contributed by atoms with E-state index in [1.807, 2.05) is 18.7 Å². The van der Waals surface area contributed by atoms with Gasteiger partial charge in [-0.15, -0.1) is 0 Å². The molecule has 0 aromatic heterocycles. The van der Waals surface area contributed by atoms with Crippen molar-refractivity contribution >= 4 is 23.2 Å². The van der Waals surface area contributed by atoms with E-state index in [1.165, 1.54) is 12.1 Å². The maximum atomic E-state index is 13.0. The normalized spacial score (nSPS) is 21.5. The topological polar surface area (TPSA) is 58.4 Å². The number of halogens is 4. The highest BCUT2D eigenvalue weighted by Gasteiger charge is 2.36. The van der Waals surface area contributed by atoms with Gasteiger partial charge in [-0.2, -0.15) is 13.2 Å². The van der Waals surface area contributed by atoms with Crippen molar-refractivity contribution in [1.29, 1.82) is 0 Å². The molecule has 4 nitrogen and oxygen atoms in total. The first kappa shape index (κ1) is 19.0. The SMILES string of the molecule is CC1(C)CN(CC(=O)Nc2ccc(Cl)cc2C(F)(F)F)CCC1N. The second-order valence-electron chi connectivity index (χ2n) is 6.83. The summed E-state index contributed by atoms with van der Waals surface area (Å²) in [5.41, 5.74) is 4.66. The van der Waals surface area contributed by atoms with Gasteiger partial charge >= 0.3 is 6.18 Å². The molecule has 0 saturated carbocycles. The Bertz CT molecular complexity index is 619. The van der Waals surface area contributed by atoms with E-state index in [1.54, 1.807) is 0 Å². The Balaban J connectivity index is 2.06. The van der Waals surface area contributed by atoms with Crippen molar-refractivity contribution in [2.75, 3.05) is 25.0 Å². The lowest BCUT2D eigenvalue weighted by Crippen LogP contribution is -2.53. The zero-order valence-corrected chi connectivity index (χ0v) is 14.3. The maximum absolute atomic E-state index is 13.0. The van der Waals surface area contributed by atoms with Gasteiger partial charge in [0.1, 0.15) is 0 Å². The number of benzene rings is 1. The molecule has 24 heavy (non-hydrogen) atoms. The summed E-state index contributed by atoms with van der Waals surface area (Å²) >= 11 is 5.63. The van der Waals surface area contributed by atoms with Crippen LogP contribution in [0.2, 0.25) is 5.02 Å². The van der Waals surface area contributed by atoms with E-state index in [-0.39, 0.29) is 28.7 Å². The largest absolute Gasteiger partial charge is 0.418 e. The Morgan fingerprint density at radius 3 is 2.71 bits per heavy atom. The molecule has 8 heteroatoms. The van der Waals surface area contributed by atoms with Crippen LogP contribution in [0, 0.1) is 5.41 Å². The number of hydrogen-bond acceptors (Lipinski definition) is 3. The van der Waals surface area contributed by atoms with Crippen LogP contribution in [-0.2, 0) is 11.0 Å². The predicted octanol–water partition coefficient (Wildman–Crippen LogP) is 3.36. The van der Waals surface area contributed by atoms with Crippen LogP contribution in [0.1, 0.15) is 25.8 Å². The standard InChI is InChI=1S/C16H21ClF3N3O/c1-15(2)9-23(6-5-13(15)21)8-14(24)22-12-4-3-10(17)7-11(12)16(18,19)20/h3-4,7,13H,5-6,8-9,21H2,1-2H3,(H,22,24). The van der Waals surface area contributed by atoms with Gasteiger partial charge in [0.25, 0.3) is 0 Å². The van der Waals surface area contributed by atoms with Crippen molar-refractivity contribution in [2.24, 2.45) is 11.1 Å². The van der Waals surface area contributed by atoms with Crippen molar-refractivity contribution in [3.05, 3.63) is 28.8 Å². The molecule has 1 unspecified atom stereocenters. The monoisotopic (exact) mass is 363 g/mol. The molecule has 1 atom stereocenters. The van der Waals surface area contributed by atoms with E-state index < -0.39 is 17.6 Å². The summed E-state index contributed by atoms with van der Waals surface area (Å²) in [7, 11) is 0. The van der Waals surface area contributed by atoms with Crippen LogP contribution in [-0.4, -0.2) is 36.5 Å². The van der Waals surface area contributed by atoms with Crippen molar-refractivity contribution in [2.45, 2.75) is 32.5 Å².